The maximum atomic E-state index is 12.9. The normalized spacial score (nSPS) is 14.6. The molecule has 0 aromatic rings. The fourth-order valence-corrected chi connectivity index (χ4v) is 7.76. The number of unbranched alkanes of at least 4 members (excludes halogenated alkanes) is 26. The van der Waals surface area contributed by atoms with Crippen LogP contribution < -0.4 is 10.2 Å². The highest BCUT2D eigenvalue weighted by atomic mass is 31.2. The number of aliphatic hydroxyl groups is 1. The maximum absolute atomic E-state index is 12.9. The predicted octanol–water partition coefficient (Wildman–Crippen LogP) is 13.8. The molecule has 0 aliphatic carbocycles. The number of carbonyl (C=O) groups is 1. The Labute approximate surface area is 371 Å². The summed E-state index contributed by atoms with van der Waals surface area (Å²) in [6, 6.07) is -0.885. The van der Waals surface area contributed by atoms with Crippen LogP contribution in [0.3, 0.4) is 0 Å². The molecule has 0 rings (SSSR count). The summed E-state index contributed by atoms with van der Waals surface area (Å²) in [6.07, 6.45) is 54.7. The van der Waals surface area contributed by atoms with Crippen molar-refractivity contribution >= 4 is 13.7 Å². The zero-order chi connectivity index (χ0) is 44.3. The minimum atomic E-state index is -4.58. The molecule has 0 aliphatic rings. The van der Waals surface area contributed by atoms with Crippen LogP contribution in [0.2, 0.25) is 0 Å². The van der Waals surface area contributed by atoms with Gasteiger partial charge in [-0.15, -0.1) is 0 Å². The number of aliphatic hydroxyl groups excluding tert-OH is 1. The van der Waals surface area contributed by atoms with Crippen molar-refractivity contribution < 1.29 is 32.9 Å². The van der Waals surface area contributed by atoms with Gasteiger partial charge in [-0.05, 0) is 57.8 Å². The number of nitrogens with zero attached hydrogens (tertiary/aromatic N) is 1. The van der Waals surface area contributed by atoms with Crippen LogP contribution in [0, 0.1) is 0 Å². The third kappa shape index (κ3) is 44.5. The van der Waals surface area contributed by atoms with Gasteiger partial charge >= 0.3 is 0 Å². The van der Waals surface area contributed by atoms with Gasteiger partial charge in [-0.2, -0.15) is 0 Å². The van der Waals surface area contributed by atoms with Gasteiger partial charge in [0.1, 0.15) is 13.2 Å². The van der Waals surface area contributed by atoms with Crippen LogP contribution in [0.15, 0.2) is 48.6 Å². The zero-order valence-corrected chi connectivity index (χ0v) is 40.8. The van der Waals surface area contributed by atoms with Gasteiger partial charge in [-0.3, -0.25) is 9.36 Å². The van der Waals surface area contributed by atoms with Crippen molar-refractivity contribution in [1.29, 1.82) is 0 Å². The van der Waals surface area contributed by atoms with Crippen molar-refractivity contribution in [3.63, 3.8) is 0 Å². The van der Waals surface area contributed by atoms with Gasteiger partial charge in [0.25, 0.3) is 7.82 Å². The maximum Gasteiger partial charge on any atom is 0.268 e. The summed E-state index contributed by atoms with van der Waals surface area (Å²) >= 11 is 0. The van der Waals surface area contributed by atoms with E-state index in [-0.39, 0.29) is 19.1 Å². The highest BCUT2D eigenvalue weighted by Gasteiger charge is 2.23. The van der Waals surface area contributed by atoms with Crippen LogP contribution in [0.25, 0.3) is 0 Å². The quantitative estimate of drug-likeness (QED) is 0.0273. The van der Waals surface area contributed by atoms with Crippen molar-refractivity contribution in [2.45, 2.75) is 231 Å². The highest BCUT2D eigenvalue weighted by molar-refractivity contribution is 7.45. The van der Waals surface area contributed by atoms with E-state index in [9.17, 15) is 19.4 Å². The highest BCUT2D eigenvalue weighted by Crippen LogP contribution is 2.38. The number of hydrogen-bond donors (Lipinski definition) is 2. The van der Waals surface area contributed by atoms with E-state index in [1.54, 1.807) is 6.08 Å². The molecule has 0 bridgehead atoms. The second kappa shape index (κ2) is 42.7. The fourth-order valence-electron chi connectivity index (χ4n) is 7.04. The van der Waals surface area contributed by atoms with Crippen LogP contribution in [-0.2, 0) is 18.4 Å². The van der Waals surface area contributed by atoms with Gasteiger partial charge in [0.05, 0.1) is 39.9 Å². The Morgan fingerprint density at radius 3 is 1.40 bits per heavy atom. The number of quaternary nitrogens is 1. The number of allylic oxidation sites excluding steroid dienone is 7. The lowest BCUT2D eigenvalue weighted by Crippen LogP contribution is -2.45. The summed E-state index contributed by atoms with van der Waals surface area (Å²) in [6.45, 7) is 4.60. The third-order valence-electron chi connectivity index (χ3n) is 11.0. The summed E-state index contributed by atoms with van der Waals surface area (Å²) in [5, 5.41) is 13.7. The topological polar surface area (TPSA) is 108 Å². The van der Waals surface area contributed by atoms with E-state index in [1.807, 2.05) is 27.2 Å². The summed E-state index contributed by atoms with van der Waals surface area (Å²) in [4.78, 5) is 25.3. The lowest BCUT2D eigenvalue weighted by atomic mass is 10.0. The molecule has 8 nitrogen and oxygen atoms in total. The third-order valence-corrected chi connectivity index (χ3v) is 12.0. The summed E-state index contributed by atoms with van der Waals surface area (Å²) in [7, 11) is 1.26. The second-order valence-corrected chi connectivity index (χ2v) is 19.6. The van der Waals surface area contributed by atoms with Crippen LogP contribution in [0.4, 0.5) is 0 Å². The molecular formula is C51H97N2O6P. The monoisotopic (exact) mass is 865 g/mol. The van der Waals surface area contributed by atoms with E-state index >= 15 is 0 Å². The average molecular weight is 865 g/mol. The van der Waals surface area contributed by atoms with Crippen LogP contribution in [0.5, 0.6) is 0 Å². The predicted molar refractivity (Wildman–Crippen MR) is 256 cm³/mol. The minimum Gasteiger partial charge on any atom is -0.756 e. The molecule has 0 heterocycles. The molecule has 0 fully saturated rings. The standard InChI is InChI=1S/C51H97N2O6P/c1-6-8-10-12-14-16-17-18-19-20-21-22-23-24-25-26-27-28-29-30-31-32-33-34-35-37-39-41-43-45-51(55)52-49(48-59-60(56,57)58-47-46-53(3,4)5)50(54)44-42-40-38-36-15-13-11-9-7-2/h17-18,20-21,23-24,42,44,49-50,54H,6-16,19,22,25-41,43,45-48H2,1-5H3,(H-,52,55,56,57)/b18-17-,21-20-,24-23-,44-42+. The number of rotatable bonds is 45. The van der Waals surface area contributed by atoms with E-state index in [2.05, 4.69) is 55.6 Å². The van der Waals surface area contributed by atoms with Crippen molar-refractivity contribution in [3.05, 3.63) is 48.6 Å². The molecule has 0 radical (unpaired) electrons. The molecule has 2 N–H and O–H groups in total. The van der Waals surface area contributed by atoms with Crippen molar-refractivity contribution in [2.24, 2.45) is 0 Å². The Balaban J connectivity index is 4.06. The number of phosphoric acid groups is 1. The first-order chi connectivity index (χ1) is 29.0. The number of hydrogen-bond acceptors (Lipinski definition) is 6. The SMILES string of the molecule is CCCCCCC/C=C\C/C=C\C/C=C\CCCCCCCCCCCCCCCCC(=O)NC(COP(=O)([O-])OCC[N+](C)(C)C)C(O)/C=C/CCCCCCCCC. The molecule has 0 aliphatic heterocycles. The van der Waals surface area contributed by atoms with Gasteiger partial charge in [-0.25, -0.2) is 0 Å². The first-order valence-corrected chi connectivity index (χ1v) is 26.5. The molecule has 3 atom stereocenters. The van der Waals surface area contributed by atoms with Crippen LogP contribution in [-0.4, -0.2) is 68.5 Å². The Hall–Kier alpha value is -1.54. The Morgan fingerprint density at radius 1 is 0.583 bits per heavy atom. The zero-order valence-electron chi connectivity index (χ0n) is 39.9. The van der Waals surface area contributed by atoms with Crippen molar-refractivity contribution in [1.82, 2.24) is 5.32 Å². The van der Waals surface area contributed by atoms with Gasteiger partial charge in [0.2, 0.25) is 5.91 Å². The van der Waals surface area contributed by atoms with Gasteiger partial charge in [0.15, 0.2) is 0 Å². The fraction of sp³-hybridized carbons (Fsp3) is 0.824. The number of phosphoric ester groups is 1. The Kier molecular flexibility index (Phi) is 41.6. The average Bonchev–Trinajstić information content (AvgIpc) is 3.20. The second-order valence-electron chi connectivity index (χ2n) is 18.2. The van der Waals surface area contributed by atoms with Crippen molar-refractivity contribution in [2.75, 3.05) is 40.9 Å². The molecule has 0 aromatic heterocycles. The first-order valence-electron chi connectivity index (χ1n) is 25.0. The molecule has 1 amide bonds. The molecule has 0 aromatic carbocycles. The smallest absolute Gasteiger partial charge is 0.268 e. The molecule has 3 unspecified atom stereocenters. The van der Waals surface area contributed by atoms with E-state index in [0.29, 0.717) is 17.4 Å². The lowest BCUT2D eigenvalue weighted by Gasteiger charge is -2.29. The molecule has 0 saturated heterocycles. The molecule has 0 saturated carbocycles. The van der Waals surface area contributed by atoms with E-state index < -0.39 is 20.0 Å². The molecule has 0 spiro atoms. The summed E-state index contributed by atoms with van der Waals surface area (Å²) in [5.41, 5.74) is 0. The number of carbonyl (C=O) groups excluding carboxylic acids is 1. The number of amides is 1. The first kappa shape index (κ1) is 58.5. The molecule has 60 heavy (non-hydrogen) atoms. The molecular weight excluding hydrogens is 768 g/mol. The van der Waals surface area contributed by atoms with E-state index in [1.165, 1.54) is 148 Å². The summed E-state index contributed by atoms with van der Waals surface area (Å²) < 4.78 is 23.2. The van der Waals surface area contributed by atoms with Gasteiger partial charge < -0.3 is 28.8 Å². The van der Waals surface area contributed by atoms with E-state index in [4.69, 9.17) is 9.05 Å². The summed E-state index contributed by atoms with van der Waals surface area (Å²) in [5.74, 6) is -0.201. The minimum absolute atomic E-state index is 0.00192. The van der Waals surface area contributed by atoms with Crippen LogP contribution in [0.1, 0.15) is 219 Å². The Bertz CT molecular complexity index is 1120. The number of nitrogens with one attached hydrogen (secondary N) is 1. The van der Waals surface area contributed by atoms with Gasteiger partial charge in [0, 0.05) is 6.42 Å². The number of likely N-dealkylation sites (N-methyl/N-ethyl adjacent to an activating group) is 1. The van der Waals surface area contributed by atoms with E-state index in [0.717, 1.165) is 51.4 Å². The van der Waals surface area contributed by atoms with Crippen molar-refractivity contribution in [3.8, 4) is 0 Å². The molecule has 352 valence electrons. The van der Waals surface area contributed by atoms with Gasteiger partial charge in [-0.1, -0.05) is 204 Å². The lowest BCUT2D eigenvalue weighted by molar-refractivity contribution is -0.870. The van der Waals surface area contributed by atoms with Crippen LogP contribution >= 0.6 is 7.82 Å². The largest absolute Gasteiger partial charge is 0.756 e. The molecule has 9 heteroatoms. The Morgan fingerprint density at radius 2 is 0.967 bits per heavy atom.